The van der Waals surface area contributed by atoms with Crippen molar-refractivity contribution in [2.24, 2.45) is 0 Å². The number of hydrogen-bond donors (Lipinski definition) is 0. The van der Waals surface area contributed by atoms with Crippen molar-refractivity contribution in [1.29, 1.82) is 0 Å². The monoisotopic (exact) mass is 285 g/mol. The van der Waals surface area contributed by atoms with Crippen molar-refractivity contribution in [3.05, 3.63) is 33.4 Å². The van der Waals surface area contributed by atoms with Gasteiger partial charge in [-0.1, -0.05) is 0 Å². The van der Waals surface area contributed by atoms with Gasteiger partial charge in [0.05, 0.1) is 6.54 Å². The third kappa shape index (κ3) is 2.49. The van der Waals surface area contributed by atoms with Crippen molar-refractivity contribution in [2.45, 2.75) is 66.5 Å². The summed E-state index contributed by atoms with van der Waals surface area (Å²) in [6.07, 6.45) is 6.54. The van der Waals surface area contributed by atoms with Crippen LogP contribution in [0.2, 0.25) is 0 Å². The average Bonchev–Trinajstić information content (AvgIpc) is 2.90. The molecule has 2 nitrogen and oxygen atoms in total. The Bertz CT molecular complexity index is 569. The molecule has 1 atom stereocenters. The number of rotatable bonds is 2. The van der Waals surface area contributed by atoms with E-state index in [0.29, 0.717) is 0 Å². The third-order valence-electron chi connectivity index (χ3n) is 5.95. The van der Waals surface area contributed by atoms with Gasteiger partial charge in [0.15, 0.2) is 0 Å². The van der Waals surface area contributed by atoms with E-state index in [1.165, 1.54) is 60.2 Å². The zero-order chi connectivity index (χ0) is 15.1. The first-order valence-electron chi connectivity index (χ1n) is 8.39. The van der Waals surface area contributed by atoms with Crippen LogP contribution in [0, 0.1) is 34.6 Å². The highest BCUT2D eigenvalue weighted by Crippen LogP contribution is 2.27. The zero-order valence-electron chi connectivity index (χ0n) is 14.3. The lowest BCUT2D eigenvalue weighted by atomic mass is 9.89. The lowest BCUT2D eigenvalue weighted by Crippen LogP contribution is -2.35. The van der Waals surface area contributed by atoms with Crippen LogP contribution in [0.15, 0.2) is 0 Å². The van der Waals surface area contributed by atoms with E-state index < -0.39 is 0 Å². The molecule has 21 heavy (non-hydrogen) atoms. The van der Waals surface area contributed by atoms with Crippen molar-refractivity contribution in [3.8, 4) is 0 Å². The van der Waals surface area contributed by atoms with E-state index in [1.807, 2.05) is 0 Å². The molecule has 0 aromatic heterocycles. The molecule has 3 rings (SSSR count). The highest BCUT2D eigenvalue weighted by Gasteiger charge is 2.33. The Hall–Kier alpha value is -1.31. The largest absolute Gasteiger partial charge is 0.262 e. The summed E-state index contributed by atoms with van der Waals surface area (Å²) in [6.45, 7) is 15.0. The van der Waals surface area contributed by atoms with Crippen LogP contribution in [0.4, 0.5) is 0 Å². The fourth-order valence-corrected chi connectivity index (χ4v) is 4.02. The predicted octanol–water partition coefficient (Wildman–Crippen LogP) is 3.64. The fraction of sp³-hybridized carbons (Fsp3) is 0.632. The summed E-state index contributed by atoms with van der Waals surface area (Å²) in [5.74, 6) is 0. The van der Waals surface area contributed by atoms with Gasteiger partial charge in [0.2, 0.25) is 6.34 Å². The maximum absolute atomic E-state index is 2.57. The predicted molar refractivity (Wildman–Crippen MR) is 89.4 cm³/mol. The van der Waals surface area contributed by atoms with E-state index in [2.05, 4.69) is 50.4 Å². The molecule has 0 amide bonds. The van der Waals surface area contributed by atoms with Gasteiger partial charge in [-0.25, -0.2) is 0 Å². The van der Waals surface area contributed by atoms with Crippen molar-refractivity contribution < 1.29 is 4.58 Å². The number of hydrogen-bond acceptors (Lipinski definition) is 1. The number of piperidine rings is 1. The maximum atomic E-state index is 2.57. The van der Waals surface area contributed by atoms with Gasteiger partial charge in [-0.15, -0.1) is 0 Å². The molecule has 2 aliphatic rings. The second kappa shape index (κ2) is 5.47. The zero-order valence-corrected chi connectivity index (χ0v) is 14.3. The van der Waals surface area contributed by atoms with Gasteiger partial charge in [0.25, 0.3) is 0 Å². The molecule has 0 saturated carbocycles. The molecule has 0 spiro atoms. The Morgan fingerprint density at radius 3 is 2.19 bits per heavy atom. The minimum atomic E-state index is 0.770. The second-order valence-corrected chi connectivity index (χ2v) is 7.04. The van der Waals surface area contributed by atoms with Crippen LogP contribution in [0.5, 0.6) is 0 Å². The smallest absolute Gasteiger partial charge is 0.234 e. The standard InChI is InChI=1S/C19H29N2/c1-13-14(2)16(4)19(17(5)15(13)3)11-20-10-18-8-6-7-9-21(18)12-20/h12,18H,6-11H2,1-5H3/q+1. The van der Waals surface area contributed by atoms with Gasteiger partial charge in [0, 0.05) is 0 Å². The third-order valence-corrected chi connectivity index (χ3v) is 5.95. The van der Waals surface area contributed by atoms with E-state index in [-0.39, 0.29) is 0 Å². The molecule has 1 aromatic carbocycles. The molecule has 0 bridgehead atoms. The van der Waals surface area contributed by atoms with Gasteiger partial charge in [-0.3, -0.25) is 9.48 Å². The minimum absolute atomic E-state index is 0.770. The van der Waals surface area contributed by atoms with Crippen LogP contribution in [0.25, 0.3) is 0 Å². The molecule has 2 heteroatoms. The molecule has 2 heterocycles. The van der Waals surface area contributed by atoms with Crippen LogP contribution in [0.1, 0.15) is 52.6 Å². The molecular formula is C19H29N2+. The lowest BCUT2D eigenvalue weighted by molar-refractivity contribution is -0.533. The van der Waals surface area contributed by atoms with Crippen LogP contribution >= 0.6 is 0 Å². The highest BCUT2D eigenvalue weighted by molar-refractivity contribution is 5.53. The summed E-state index contributed by atoms with van der Waals surface area (Å²) in [5.41, 5.74) is 8.96. The van der Waals surface area contributed by atoms with Crippen LogP contribution in [-0.4, -0.2) is 34.9 Å². The van der Waals surface area contributed by atoms with Gasteiger partial charge >= 0.3 is 0 Å². The van der Waals surface area contributed by atoms with Gasteiger partial charge in [-0.05, 0) is 87.3 Å². The van der Waals surface area contributed by atoms with Crippen LogP contribution in [0.3, 0.4) is 0 Å². The molecule has 0 aliphatic carbocycles. The lowest BCUT2D eigenvalue weighted by Gasteiger charge is -2.21. The fourth-order valence-electron chi connectivity index (χ4n) is 4.02. The van der Waals surface area contributed by atoms with E-state index in [0.717, 1.165) is 12.6 Å². The molecular weight excluding hydrogens is 256 g/mol. The Labute approximate surface area is 129 Å². The summed E-state index contributed by atoms with van der Waals surface area (Å²) < 4.78 is 2.54. The first-order valence-corrected chi connectivity index (χ1v) is 8.39. The summed E-state index contributed by atoms with van der Waals surface area (Å²) >= 11 is 0. The van der Waals surface area contributed by atoms with Crippen molar-refractivity contribution >= 4 is 6.34 Å². The van der Waals surface area contributed by atoms with Crippen LogP contribution in [-0.2, 0) is 6.54 Å². The van der Waals surface area contributed by atoms with E-state index in [9.17, 15) is 0 Å². The Balaban J connectivity index is 1.89. The minimum Gasteiger partial charge on any atom is -0.262 e. The Morgan fingerprint density at radius 2 is 1.57 bits per heavy atom. The summed E-state index contributed by atoms with van der Waals surface area (Å²) in [7, 11) is 0. The maximum Gasteiger partial charge on any atom is 0.234 e. The summed E-state index contributed by atoms with van der Waals surface area (Å²) in [6, 6.07) is 0.770. The van der Waals surface area contributed by atoms with Gasteiger partial charge in [-0.2, -0.15) is 0 Å². The molecule has 1 fully saturated rings. The Morgan fingerprint density at radius 1 is 0.952 bits per heavy atom. The molecule has 0 N–H and O–H groups in total. The first-order chi connectivity index (χ1) is 9.99. The normalized spacial score (nSPS) is 21.5. The number of benzene rings is 1. The number of nitrogens with zero attached hydrogens (tertiary/aromatic N) is 2. The van der Waals surface area contributed by atoms with Crippen molar-refractivity contribution in [1.82, 2.24) is 4.90 Å². The van der Waals surface area contributed by atoms with Crippen molar-refractivity contribution in [2.75, 3.05) is 13.1 Å². The van der Waals surface area contributed by atoms with Crippen LogP contribution < -0.4 is 0 Å². The van der Waals surface area contributed by atoms with E-state index >= 15 is 0 Å². The molecule has 2 aliphatic heterocycles. The second-order valence-electron chi connectivity index (χ2n) is 7.04. The molecule has 114 valence electrons. The molecule has 1 unspecified atom stereocenters. The first kappa shape index (κ1) is 14.6. The summed E-state index contributed by atoms with van der Waals surface area (Å²) in [4.78, 5) is 2.57. The molecule has 1 aromatic rings. The molecule has 0 radical (unpaired) electrons. The quantitative estimate of drug-likeness (QED) is 0.752. The topological polar surface area (TPSA) is 6.25 Å². The number of fused-ring (bicyclic) bond motifs is 1. The van der Waals surface area contributed by atoms with E-state index in [1.54, 1.807) is 5.56 Å². The van der Waals surface area contributed by atoms with Crippen molar-refractivity contribution in [3.63, 3.8) is 0 Å². The van der Waals surface area contributed by atoms with Gasteiger partial charge < -0.3 is 0 Å². The Kier molecular flexibility index (Phi) is 3.81. The van der Waals surface area contributed by atoms with E-state index in [4.69, 9.17) is 0 Å². The summed E-state index contributed by atoms with van der Waals surface area (Å²) in [5, 5.41) is 0. The van der Waals surface area contributed by atoms with Gasteiger partial charge in [0.1, 0.15) is 19.1 Å². The highest BCUT2D eigenvalue weighted by atomic mass is 15.3. The molecule has 1 saturated heterocycles. The SMILES string of the molecule is Cc1c(C)c(C)c(C[N+]2=CN3CCCCC3C2)c(C)c1C. The average molecular weight is 285 g/mol.